The fraction of sp³-hybridized carbons (Fsp3) is 0.320. The lowest BCUT2D eigenvalue weighted by Gasteiger charge is -2.28. The van der Waals surface area contributed by atoms with E-state index in [0.29, 0.717) is 6.61 Å². The molecule has 0 N–H and O–H groups in total. The van der Waals surface area contributed by atoms with Gasteiger partial charge in [0, 0.05) is 0 Å². The number of carbonyl (C=O) groups is 1. The second kappa shape index (κ2) is 6.53. The standard InChI is InChI=1S/C25H26O2/c1-5-16(2)25(3,4)24(26)27-15-20-14-19-10-6-8-17-12-13-18-9-7-11-21(20)23(18)22(17)19/h6-14,16H,5,15H2,1-4H3. The van der Waals surface area contributed by atoms with Crippen molar-refractivity contribution in [2.45, 2.75) is 40.7 Å². The Morgan fingerprint density at radius 3 is 2.30 bits per heavy atom. The molecule has 1 unspecified atom stereocenters. The molecule has 0 fully saturated rings. The summed E-state index contributed by atoms with van der Waals surface area (Å²) in [6.07, 6.45) is 0.958. The van der Waals surface area contributed by atoms with E-state index in [0.717, 1.165) is 12.0 Å². The molecule has 0 bridgehead atoms. The fourth-order valence-electron chi connectivity index (χ4n) is 4.00. The molecule has 4 aromatic rings. The average Bonchev–Trinajstić information content (AvgIpc) is 2.69. The van der Waals surface area contributed by atoms with Crippen LogP contribution in [-0.4, -0.2) is 5.97 Å². The SMILES string of the molecule is CCC(C)C(C)(C)C(=O)OCc1cc2cccc3ccc4cccc1c4c32. The molecule has 0 aliphatic heterocycles. The minimum absolute atomic E-state index is 0.123. The summed E-state index contributed by atoms with van der Waals surface area (Å²) in [6.45, 7) is 8.49. The highest BCUT2D eigenvalue weighted by molar-refractivity contribution is 6.23. The van der Waals surface area contributed by atoms with Gasteiger partial charge < -0.3 is 4.74 Å². The van der Waals surface area contributed by atoms with Crippen LogP contribution in [0.1, 0.15) is 39.7 Å². The molecule has 0 saturated heterocycles. The van der Waals surface area contributed by atoms with Crippen LogP contribution >= 0.6 is 0 Å². The third kappa shape index (κ3) is 2.84. The van der Waals surface area contributed by atoms with E-state index < -0.39 is 5.41 Å². The van der Waals surface area contributed by atoms with E-state index in [4.69, 9.17) is 4.74 Å². The highest BCUT2D eigenvalue weighted by Gasteiger charge is 2.34. The molecule has 2 heteroatoms. The van der Waals surface area contributed by atoms with Gasteiger partial charge in [-0.25, -0.2) is 0 Å². The van der Waals surface area contributed by atoms with Gasteiger partial charge in [-0.15, -0.1) is 0 Å². The Morgan fingerprint density at radius 1 is 0.963 bits per heavy atom. The topological polar surface area (TPSA) is 26.3 Å². The summed E-state index contributed by atoms with van der Waals surface area (Å²) < 4.78 is 5.80. The minimum atomic E-state index is -0.478. The van der Waals surface area contributed by atoms with Crippen molar-refractivity contribution >= 4 is 38.3 Å². The fourth-order valence-corrected chi connectivity index (χ4v) is 4.00. The van der Waals surface area contributed by atoms with Gasteiger partial charge in [0.25, 0.3) is 0 Å². The maximum atomic E-state index is 12.7. The zero-order valence-corrected chi connectivity index (χ0v) is 16.5. The molecule has 138 valence electrons. The zero-order valence-electron chi connectivity index (χ0n) is 16.5. The molecule has 1 atom stereocenters. The third-order valence-electron chi connectivity index (χ3n) is 6.32. The second-order valence-electron chi connectivity index (χ2n) is 8.19. The van der Waals surface area contributed by atoms with E-state index in [9.17, 15) is 4.79 Å². The molecule has 0 radical (unpaired) electrons. The third-order valence-corrected chi connectivity index (χ3v) is 6.32. The van der Waals surface area contributed by atoms with Crippen molar-refractivity contribution in [2.24, 2.45) is 11.3 Å². The van der Waals surface area contributed by atoms with Crippen LogP contribution in [0.5, 0.6) is 0 Å². The van der Waals surface area contributed by atoms with Crippen molar-refractivity contribution in [1.29, 1.82) is 0 Å². The summed E-state index contributed by atoms with van der Waals surface area (Å²) in [5.41, 5.74) is 0.591. The largest absolute Gasteiger partial charge is 0.460 e. The van der Waals surface area contributed by atoms with Crippen molar-refractivity contribution in [1.82, 2.24) is 0 Å². The van der Waals surface area contributed by atoms with Gasteiger partial charge in [0.1, 0.15) is 6.61 Å². The van der Waals surface area contributed by atoms with Gasteiger partial charge in [0.15, 0.2) is 0 Å². The second-order valence-corrected chi connectivity index (χ2v) is 8.19. The first-order valence-electron chi connectivity index (χ1n) is 9.76. The Hall–Kier alpha value is -2.61. The van der Waals surface area contributed by atoms with E-state index >= 15 is 0 Å². The van der Waals surface area contributed by atoms with Crippen LogP contribution in [0.2, 0.25) is 0 Å². The minimum Gasteiger partial charge on any atom is -0.460 e. The van der Waals surface area contributed by atoms with Crippen molar-refractivity contribution in [3.63, 3.8) is 0 Å². The number of ether oxygens (including phenoxy) is 1. The lowest BCUT2D eigenvalue weighted by Crippen LogP contribution is -2.32. The van der Waals surface area contributed by atoms with Gasteiger partial charge >= 0.3 is 5.97 Å². The van der Waals surface area contributed by atoms with Crippen LogP contribution in [0.15, 0.2) is 54.6 Å². The lowest BCUT2D eigenvalue weighted by atomic mass is 9.78. The van der Waals surface area contributed by atoms with Crippen LogP contribution in [0.3, 0.4) is 0 Å². The predicted molar refractivity (Wildman–Crippen MR) is 113 cm³/mol. The molecule has 0 heterocycles. The van der Waals surface area contributed by atoms with Crippen LogP contribution in [0.4, 0.5) is 0 Å². The highest BCUT2D eigenvalue weighted by Crippen LogP contribution is 2.37. The van der Waals surface area contributed by atoms with Crippen LogP contribution in [-0.2, 0) is 16.1 Å². The van der Waals surface area contributed by atoms with Gasteiger partial charge in [-0.1, -0.05) is 68.8 Å². The highest BCUT2D eigenvalue weighted by atomic mass is 16.5. The number of rotatable bonds is 5. The van der Waals surface area contributed by atoms with Crippen molar-refractivity contribution in [2.75, 3.05) is 0 Å². The summed E-state index contributed by atoms with van der Waals surface area (Å²) in [7, 11) is 0. The lowest BCUT2D eigenvalue weighted by molar-refractivity contribution is -0.158. The van der Waals surface area contributed by atoms with E-state index in [1.165, 1.54) is 32.3 Å². The van der Waals surface area contributed by atoms with E-state index in [1.807, 2.05) is 13.8 Å². The van der Waals surface area contributed by atoms with E-state index in [2.05, 4.69) is 68.4 Å². The number of benzene rings is 4. The van der Waals surface area contributed by atoms with Crippen molar-refractivity contribution in [3.05, 3.63) is 60.2 Å². The number of hydrogen-bond donors (Lipinski definition) is 0. The normalized spacial score (nSPS) is 13.5. The molecule has 0 aliphatic rings. The molecule has 0 aliphatic carbocycles. The Kier molecular flexibility index (Phi) is 4.30. The van der Waals surface area contributed by atoms with E-state index in [-0.39, 0.29) is 11.9 Å². The van der Waals surface area contributed by atoms with Crippen molar-refractivity contribution < 1.29 is 9.53 Å². The van der Waals surface area contributed by atoms with Crippen molar-refractivity contribution in [3.8, 4) is 0 Å². The molecule has 0 spiro atoms. The first-order valence-corrected chi connectivity index (χ1v) is 9.76. The first-order chi connectivity index (χ1) is 12.9. The molecular weight excluding hydrogens is 332 g/mol. The van der Waals surface area contributed by atoms with Crippen LogP contribution < -0.4 is 0 Å². The van der Waals surface area contributed by atoms with Crippen LogP contribution in [0, 0.1) is 11.3 Å². The Morgan fingerprint density at radius 2 is 1.59 bits per heavy atom. The van der Waals surface area contributed by atoms with Gasteiger partial charge in [-0.3, -0.25) is 4.79 Å². The quantitative estimate of drug-likeness (QED) is 0.293. The molecule has 27 heavy (non-hydrogen) atoms. The molecule has 4 rings (SSSR count). The average molecular weight is 358 g/mol. The maximum Gasteiger partial charge on any atom is 0.312 e. The van der Waals surface area contributed by atoms with Gasteiger partial charge in [0.2, 0.25) is 0 Å². The molecule has 0 saturated carbocycles. The predicted octanol–water partition coefficient (Wildman–Crippen LogP) is 6.70. The van der Waals surface area contributed by atoms with Gasteiger partial charge in [0.05, 0.1) is 5.41 Å². The Labute approximate surface area is 160 Å². The summed E-state index contributed by atoms with van der Waals surface area (Å²) in [4.78, 5) is 12.7. The van der Waals surface area contributed by atoms with Crippen LogP contribution in [0.25, 0.3) is 32.3 Å². The number of hydrogen-bond acceptors (Lipinski definition) is 2. The summed E-state index contributed by atoms with van der Waals surface area (Å²) in [6, 6.07) is 19.3. The Bertz CT molecular complexity index is 1120. The monoisotopic (exact) mass is 358 g/mol. The zero-order chi connectivity index (χ0) is 19.2. The molecule has 4 aromatic carbocycles. The number of esters is 1. The molecule has 0 aromatic heterocycles. The first kappa shape index (κ1) is 17.8. The summed E-state index contributed by atoms with van der Waals surface area (Å²) in [5, 5.41) is 7.40. The summed E-state index contributed by atoms with van der Waals surface area (Å²) >= 11 is 0. The Balaban J connectivity index is 1.77. The van der Waals surface area contributed by atoms with Gasteiger partial charge in [-0.2, -0.15) is 0 Å². The van der Waals surface area contributed by atoms with E-state index in [1.54, 1.807) is 0 Å². The summed E-state index contributed by atoms with van der Waals surface area (Å²) in [5.74, 6) is 0.158. The molecule has 0 amide bonds. The molecular formula is C25H26O2. The molecule has 2 nitrogen and oxygen atoms in total. The smallest absolute Gasteiger partial charge is 0.312 e. The van der Waals surface area contributed by atoms with Gasteiger partial charge in [-0.05, 0) is 63.7 Å². The number of carbonyl (C=O) groups excluding carboxylic acids is 1. The maximum absolute atomic E-state index is 12.7.